The average Bonchev–Trinajstić information content (AvgIpc) is 2.96. The second kappa shape index (κ2) is 8.25. The van der Waals surface area contributed by atoms with Gasteiger partial charge in [-0.1, -0.05) is 60.7 Å². The van der Waals surface area contributed by atoms with Crippen LogP contribution in [0, 0.1) is 11.7 Å². The molecule has 29 heavy (non-hydrogen) atoms. The van der Waals surface area contributed by atoms with Gasteiger partial charge in [0.25, 0.3) is 0 Å². The number of hydrogen-bond donors (Lipinski definition) is 1. The number of halogens is 3. The van der Waals surface area contributed by atoms with Gasteiger partial charge in [-0.25, -0.2) is 4.39 Å². The normalized spacial score (nSPS) is 24.0. The fourth-order valence-electron chi connectivity index (χ4n) is 5.35. The molecule has 2 atom stereocenters. The van der Waals surface area contributed by atoms with Crippen LogP contribution in [0.2, 0.25) is 10.0 Å². The standard InChI is InChI=1S/C23H25Cl2FN2O/c1-28-14-18(17-9-6-10-19(25)21(17)26)20(23(28)11-3-2-4-12-23)22(29)27-16-8-5-7-15(24)13-16/h5-10,13,18,20H,2-4,11-12,14H2,1H3,(H,27,29). The van der Waals surface area contributed by atoms with E-state index in [9.17, 15) is 9.18 Å². The molecule has 154 valence electrons. The molecule has 1 aliphatic carbocycles. The summed E-state index contributed by atoms with van der Waals surface area (Å²) in [5.74, 6) is -1.11. The Bertz CT molecular complexity index is 914. The van der Waals surface area contributed by atoms with Crippen LogP contribution < -0.4 is 5.32 Å². The van der Waals surface area contributed by atoms with Crippen LogP contribution in [0.3, 0.4) is 0 Å². The first-order valence-electron chi connectivity index (χ1n) is 10.1. The number of amides is 1. The van der Waals surface area contributed by atoms with E-state index >= 15 is 0 Å². The molecule has 0 bridgehead atoms. The van der Waals surface area contributed by atoms with Crippen LogP contribution in [0.4, 0.5) is 10.1 Å². The number of nitrogens with zero attached hydrogens (tertiary/aromatic N) is 1. The van der Waals surface area contributed by atoms with Crippen LogP contribution in [0.25, 0.3) is 0 Å². The van der Waals surface area contributed by atoms with Gasteiger partial charge < -0.3 is 5.32 Å². The SMILES string of the molecule is CN1CC(c2cccc(Cl)c2F)C(C(=O)Nc2cccc(Cl)c2)C12CCCCC2. The van der Waals surface area contributed by atoms with Crippen molar-refractivity contribution in [1.29, 1.82) is 0 Å². The van der Waals surface area contributed by atoms with Crippen molar-refractivity contribution in [3.05, 3.63) is 63.9 Å². The predicted molar refractivity (Wildman–Crippen MR) is 116 cm³/mol. The maximum atomic E-state index is 15.0. The minimum Gasteiger partial charge on any atom is -0.326 e. The lowest BCUT2D eigenvalue weighted by atomic mass is 9.69. The van der Waals surface area contributed by atoms with E-state index in [1.807, 2.05) is 12.1 Å². The molecule has 6 heteroatoms. The number of rotatable bonds is 3. The van der Waals surface area contributed by atoms with Gasteiger partial charge in [-0.15, -0.1) is 0 Å². The lowest BCUT2D eigenvalue weighted by Crippen LogP contribution is -2.51. The van der Waals surface area contributed by atoms with Crippen molar-refractivity contribution >= 4 is 34.8 Å². The van der Waals surface area contributed by atoms with E-state index in [2.05, 4.69) is 17.3 Å². The van der Waals surface area contributed by atoms with Crippen molar-refractivity contribution in [2.45, 2.75) is 43.6 Å². The zero-order chi connectivity index (χ0) is 20.6. The third-order valence-corrected chi connectivity index (χ3v) is 7.21. The Morgan fingerprint density at radius 2 is 1.86 bits per heavy atom. The monoisotopic (exact) mass is 434 g/mol. The number of likely N-dealkylation sites (N-methyl/N-ethyl adjacent to an activating group) is 1. The van der Waals surface area contributed by atoms with Crippen molar-refractivity contribution in [2.24, 2.45) is 5.92 Å². The van der Waals surface area contributed by atoms with Crippen LogP contribution in [0.1, 0.15) is 43.6 Å². The van der Waals surface area contributed by atoms with Gasteiger partial charge in [0, 0.05) is 28.7 Å². The van der Waals surface area contributed by atoms with E-state index in [1.165, 1.54) is 6.42 Å². The number of carbonyl (C=O) groups excluding carboxylic acids is 1. The zero-order valence-electron chi connectivity index (χ0n) is 16.4. The number of benzene rings is 2. The van der Waals surface area contributed by atoms with E-state index in [-0.39, 0.29) is 28.3 Å². The highest BCUT2D eigenvalue weighted by molar-refractivity contribution is 6.31. The average molecular weight is 435 g/mol. The second-order valence-electron chi connectivity index (χ2n) is 8.27. The van der Waals surface area contributed by atoms with E-state index in [0.717, 1.165) is 25.7 Å². The van der Waals surface area contributed by atoms with Gasteiger partial charge in [0.15, 0.2) is 0 Å². The molecule has 1 saturated carbocycles. The van der Waals surface area contributed by atoms with Gasteiger partial charge in [0.05, 0.1) is 10.9 Å². The zero-order valence-corrected chi connectivity index (χ0v) is 17.9. The topological polar surface area (TPSA) is 32.3 Å². The van der Waals surface area contributed by atoms with Gasteiger partial charge >= 0.3 is 0 Å². The first-order chi connectivity index (χ1) is 13.9. The highest BCUT2D eigenvalue weighted by Gasteiger charge is 2.56. The summed E-state index contributed by atoms with van der Waals surface area (Å²) in [6, 6.07) is 12.2. The number of carbonyl (C=O) groups is 1. The van der Waals surface area contributed by atoms with E-state index in [0.29, 0.717) is 22.8 Å². The number of anilines is 1. The van der Waals surface area contributed by atoms with Gasteiger partial charge in [0.2, 0.25) is 5.91 Å². The Morgan fingerprint density at radius 3 is 2.59 bits per heavy atom. The van der Waals surface area contributed by atoms with Crippen LogP contribution in [0.15, 0.2) is 42.5 Å². The maximum absolute atomic E-state index is 15.0. The summed E-state index contributed by atoms with van der Waals surface area (Å²) < 4.78 is 15.0. The van der Waals surface area contributed by atoms with Gasteiger partial charge in [-0.2, -0.15) is 0 Å². The van der Waals surface area contributed by atoms with E-state index in [1.54, 1.807) is 30.3 Å². The first kappa shape index (κ1) is 20.6. The Hall–Kier alpha value is -1.62. The Labute approximate surface area is 181 Å². The molecule has 1 saturated heterocycles. The minimum absolute atomic E-state index is 0.0807. The highest BCUT2D eigenvalue weighted by atomic mass is 35.5. The number of nitrogens with one attached hydrogen (secondary N) is 1. The first-order valence-corrected chi connectivity index (χ1v) is 10.9. The molecule has 2 aromatic carbocycles. The molecule has 2 fully saturated rings. The molecule has 2 aliphatic rings. The molecule has 0 radical (unpaired) electrons. The molecule has 2 unspecified atom stereocenters. The second-order valence-corrected chi connectivity index (χ2v) is 9.12. The van der Waals surface area contributed by atoms with Crippen LogP contribution in [-0.4, -0.2) is 29.9 Å². The third kappa shape index (κ3) is 3.78. The third-order valence-electron chi connectivity index (χ3n) is 6.69. The predicted octanol–water partition coefficient (Wildman–Crippen LogP) is 6.12. The smallest absolute Gasteiger partial charge is 0.230 e. The Balaban J connectivity index is 1.74. The van der Waals surface area contributed by atoms with Crippen molar-refractivity contribution in [3.8, 4) is 0 Å². The van der Waals surface area contributed by atoms with Crippen LogP contribution >= 0.6 is 23.2 Å². The molecular weight excluding hydrogens is 410 g/mol. The van der Waals surface area contributed by atoms with Crippen molar-refractivity contribution in [2.75, 3.05) is 18.9 Å². The van der Waals surface area contributed by atoms with Crippen molar-refractivity contribution in [1.82, 2.24) is 4.90 Å². The summed E-state index contributed by atoms with van der Waals surface area (Å²) in [6.45, 7) is 0.630. The lowest BCUT2D eigenvalue weighted by Gasteiger charge is -2.43. The minimum atomic E-state index is -0.416. The van der Waals surface area contributed by atoms with Gasteiger partial charge in [0.1, 0.15) is 5.82 Å². The van der Waals surface area contributed by atoms with Gasteiger partial charge in [-0.3, -0.25) is 9.69 Å². The highest BCUT2D eigenvalue weighted by Crippen LogP contribution is 2.51. The van der Waals surface area contributed by atoms with Crippen LogP contribution in [0.5, 0.6) is 0 Å². The molecule has 0 aromatic heterocycles. The van der Waals surface area contributed by atoms with Crippen molar-refractivity contribution in [3.63, 3.8) is 0 Å². The van der Waals surface area contributed by atoms with E-state index < -0.39 is 5.82 Å². The molecule has 1 amide bonds. The number of likely N-dealkylation sites (tertiary alicyclic amines) is 1. The maximum Gasteiger partial charge on any atom is 0.230 e. The summed E-state index contributed by atoms with van der Waals surface area (Å²) in [5.41, 5.74) is 0.923. The van der Waals surface area contributed by atoms with Crippen molar-refractivity contribution < 1.29 is 9.18 Å². The van der Waals surface area contributed by atoms with Crippen LogP contribution in [-0.2, 0) is 4.79 Å². The molecular formula is C23H25Cl2FN2O. The largest absolute Gasteiger partial charge is 0.326 e. The summed E-state index contributed by atoms with van der Waals surface area (Å²) in [5, 5.41) is 3.71. The fraction of sp³-hybridized carbons (Fsp3) is 0.435. The molecule has 3 nitrogen and oxygen atoms in total. The van der Waals surface area contributed by atoms with Gasteiger partial charge in [-0.05, 0) is 49.7 Å². The summed E-state index contributed by atoms with van der Waals surface area (Å²) in [6.07, 6.45) is 5.21. The summed E-state index contributed by atoms with van der Waals surface area (Å²) in [4.78, 5) is 15.9. The Morgan fingerprint density at radius 1 is 1.14 bits per heavy atom. The summed E-state index contributed by atoms with van der Waals surface area (Å²) in [7, 11) is 2.06. The molecule has 1 N–H and O–H groups in total. The molecule has 2 aromatic rings. The van der Waals surface area contributed by atoms with E-state index in [4.69, 9.17) is 23.2 Å². The Kier molecular flexibility index (Phi) is 5.87. The quantitative estimate of drug-likeness (QED) is 0.630. The summed E-state index contributed by atoms with van der Waals surface area (Å²) >= 11 is 12.2. The molecule has 1 spiro atoms. The molecule has 1 aliphatic heterocycles. The molecule has 4 rings (SSSR count). The fourth-order valence-corrected chi connectivity index (χ4v) is 5.72. The molecule has 1 heterocycles. The lowest BCUT2D eigenvalue weighted by molar-refractivity contribution is -0.123. The number of hydrogen-bond acceptors (Lipinski definition) is 2.